The zero-order valence-corrected chi connectivity index (χ0v) is 9.64. The highest BCUT2D eigenvalue weighted by atomic mass is 127. The molecular formula is C8H6BrIO. The minimum Gasteiger partial charge on any atom is -0.298 e. The minimum absolute atomic E-state index is 0.786. The minimum atomic E-state index is 0.786. The molecule has 0 fully saturated rings. The van der Waals surface area contributed by atoms with Gasteiger partial charge in [0, 0.05) is 13.6 Å². The van der Waals surface area contributed by atoms with E-state index in [1.807, 2.05) is 19.1 Å². The van der Waals surface area contributed by atoms with Crippen LogP contribution in [0.25, 0.3) is 0 Å². The lowest BCUT2D eigenvalue weighted by Gasteiger charge is -2.01. The Morgan fingerprint density at radius 3 is 2.64 bits per heavy atom. The molecule has 0 heterocycles. The zero-order chi connectivity index (χ0) is 8.43. The molecule has 0 unspecified atom stereocenters. The van der Waals surface area contributed by atoms with Crippen molar-refractivity contribution >= 4 is 44.8 Å². The summed E-state index contributed by atoms with van der Waals surface area (Å²) in [6, 6.07) is 3.86. The van der Waals surface area contributed by atoms with Gasteiger partial charge in [-0.3, -0.25) is 4.79 Å². The van der Waals surface area contributed by atoms with Crippen molar-refractivity contribution in [1.29, 1.82) is 0 Å². The standard InChI is InChI=1S/C8H6BrIO/c1-5-2-6(9)3-8(10)7(5)4-11/h2-4H,1H3. The fourth-order valence-corrected chi connectivity index (χ4v) is 2.75. The predicted molar refractivity (Wildman–Crippen MR) is 57.0 cm³/mol. The first kappa shape index (κ1) is 9.19. The molecule has 0 saturated heterocycles. The van der Waals surface area contributed by atoms with E-state index in [1.165, 1.54) is 0 Å². The SMILES string of the molecule is Cc1cc(Br)cc(I)c1C=O. The zero-order valence-electron chi connectivity index (χ0n) is 5.90. The van der Waals surface area contributed by atoms with E-state index in [4.69, 9.17) is 0 Å². The highest BCUT2D eigenvalue weighted by molar-refractivity contribution is 14.1. The molecule has 0 atom stereocenters. The van der Waals surface area contributed by atoms with E-state index in [-0.39, 0.29) is 0 Å². The van der Waals surface area contributed by atoms with Crippen LogP contribution in [0.4, 0.5) is 0 Å². The Labute approximate surface area is 87.5 Å². The van der Waals surface area contributed by atoms with Crippen molar-refractivity contribution in [2.75, 3.05) is 0 Å². The van der Waals surface area contributed by atoms with E-state index >= 15 is 0 Å². The fraction of sp³-hybridized carbons (Fsp3) is 0.125. The predicted octanol–water partition coefficient (Wildman–Crippen LogP) is 3.17. The molecule has 0 aromatic heterocycles. The van der Waals surface area contributed by atoms with E-state index in [0.29, 0.717) is 0 Å². The Kier molecular flexibility index (Phi) is 3.06. The molecule has 0 spiro atoms. The molecule has 0 bridgehead atoms. The van der Waals surface area contributed by atoms with Gasteiger partial charge in [0.1, 0.15) is 0 Å². The van der Waals surface area contributed by atoms with Crippen LogP contribution < -0.4 is 0 Å². The first-order valence-corrected chi connectivity index (χ1v) is 4.93. The molecule has 11 heavy (non-hydrogen) atoms. The Bertz CT molecular complexity index is 273. The average molecular weight is 325 g/mol. The van der Waals surface area contributed by atoms with E-state index in [1.54, 1.807) is 0 Å². The third-order valence-electron chi connectivity index (χ3n) is 1.42. The van der Waals surface area contributed by atoms with Gasteiger partial charge >= 0.3 is 0 Å². The molecular weight excluding hydrogens is 319 g/mol. The van der Waals surface area contributed by atoms with Gasteiger partial charge in [0.2, 0.25) is 0 Å². The van der Waals surface area contributed by atoms with Crippen molar-refractivity contribution in [1.82, 2.24) is 0 Å². The molecule has 0 aliphatic rings. The molecule has 1 rings (SSSR count). The summed E-state index contributed by atoms with van der Waals surface area (Å²) in [7, 11) is 0. The molecule has 1 aromatic rings. The molecule has 0 radical (unpaired) electrons. The number of aryl methyl sites for hydroxylation is 1. The normalized spacial score (nSPS) is 9.73. The van der Waals surface area contributed by atoms with Crippen LogP contribution >= 0.6 is 38.5 Å². The summed E-state index contributed by atoms with van der Waals surface area (Å²) in [4.78, 5) is 10.5. The quantitative estimate of drug-likeness (QED) is 0.573. The van der Waals surface area contributed by atoms with Gasteiger partial charge < -0.3 is 0 Å². The van der Waals surface area contributed by atoms with Gasteiger partial charge in [0.25, 0.3) is 0 Å². The van der Waals surface area contributed by atoms with Crippen molar-refractivity contribution in [2.24, 2.45) is 0 Å². The molecule has 3 heteroatoms. The second kappa shape index (κ2) is 3.67. The molecule has 1 aromatic carbocycles. The summed E-state index contributed by atoms with van der Waals surface area (Å²) >= 11 is 5.51. The van der Waals surface area contributed by atoms with Gasteiger partial charge in [0.05, 0.1) is 0 Å². The van der Waals surface area contributed by atoms with Gasteiger partial charge in [-0.1, -0.05) is 15.9 Å². The van der Waals surface area contributed by atoms with Crippen LogP contribution in [0.1, 0.15) is 15.9 Å². The third-order valence-corrected chi connectivity index (χ3v) is 2.77. The first-order chi connectivity index (χ1) is 5.15. The lowest BCUT2D eigenvalue weighted by Crippen LogP contribution is -1.90. The largest absolute Gasteiger partial charge is 0.298 e. The third kappa shape index (κ3) is 2.02. The molecule has 0 N–H and O–H groups in total. The van der Waals surface area contributed by atoms with Crippen molar-refractivity contribution < 1.29 is 4.79 Å². The molecule has 1 nitrogen and oxygen atoms in total. The Hall–Kier alpha value is 0.1000. The van der Waals surface area contributed by atoms with Crippen LogP contribution in [-0.4, -0.2) is 6.29 Å². The van der Waals surface area contributed by atoms with Crippen LogP contribution in [0.3, 0.4) is 0 Å². The fourth-order valence-electron chi connectivity index (χ4n) is 0.863. The Balaban J connectivity index is 3.36. The summed E-state index contributed by atoms with van der Waals surface area (Å²) in [5.41, 5.74) is 1.80. The smallest absolute Gasteiger partial charge is 0.151 e. The molecule has 0 aliphatic heterocycles. The number of carbonyl (C=O) groups is 1. The number of halogens is 2. The number of benzene rings is 1. The van der Waals surface area contributed by atoms with Crippen molar-refractivity contribution in [3.8, 4) is 0 Å². The lowest BCUT2D eigenvalue weighted by atomic mass is 10.1. The van der Waals surface area contributed by atoms with E-state index in [2.05, 4.69) is 38.5 Å². The van der Waals surface area contributed by atoms with Gasteiger partial charge in [-0.2, -0.15) is 0 Å². The number of rotatable bonds is 1. The van der Waals surface area contributed by atoms with Crippen LogP contribution in [0, 0.1) is 10.5 Å². The van der Waals surface area contributed by atoms with E-state index in [0.717, 1.165) is 25.5 Å². The van der Waals surface area contributed by atoms with Crippen molar-refractivity contribution in [3.05, 3.63) is 31.3 Å². The van der Waals surface area contributed by atoms with Crippen molar-refractivity contribution in [2.45, 2.75) is 6.92 Å². The van der Waals surface area contributed by atoms with Gasteiger partial charge in [-0.05, 0) is 47.2 Å². The topological polar surface area (TPSA) is 17.1 Å². The molecule has 0 amide bonds. The number of hydrogen-bond donors (Lipinski definition) is 0. The number of aldehydes is 1. The lowest BCUT2D eigenvalue weighted by molar-refractivity contribution is 0.112. The van der Waals surface area contributed by atoms with E-state index in [9.17, 15) is 4.79 Å². The Morgan fingerprint density at radius 1 is 1.55 bits per heavy atom. The van der Waals surface area contributed by atoms with Crippen LogP contribution in [0.15, 0.2) is 16.6 Å². The van der Waals surface area contributed by atoms with Gasteiger partial charge in [-0.15, -0.1) is 0 Å². The van der Waals surface area contributed by atoms with Crippen LogP contribution in [0.5, 0.6) is 0 Å². The summed E-state index contributed by atoms with van der Waals surface area (Å²) in [5.74, 6) is 0. The number of carbonyl (C=O) groups excluding carboxylic acids is 1. The van der Waals surface area contributed by atoms with Crippen LogP contribution in [-0.2, 0) is 0 Å². The average Bonchev–Trinajstić information content (AvgIpc) is 1.85. The Morgan fingerprint density at radius 2 is 2.18 bits per heavy atom. The van der Waals surface area contributed by atoms with E-state index < -0.39 is 0 Å². The summed E-state index contributed by atoms with van der Waals surface area (Å²) in [6.45, 7) is 1.93. The number of hydrogen-bond acceptors (Lipinski definition) is 1. The summed E-state index contributed by atoms with van der Waals surface area (Å²) in [5, 5.41) is 0. The summed E-state index contributed by atoms with van der Waals surface area (Å²) in [6.07, 6.45) is 0.892. The van der Waals surface area contributed by atoms with Crippen molar-refractivity contribution in [3.63, 3.8) is 0 Å². The second-order valence-corrected chi connectivity index (χ2v) is 4.31. The highest BCUT2D eigenvalue weighted by Gasteiger charge is 2.02. The maximum Gasteiger partial charge on any atom is 0.151 e. The highest BCUT2D eigenvalue weighted by Crippen LogP contribution is 2.20. The molecule has 0 aliphatic carbocycles. The monoisotopic (exact) mass is 324 g/mol. The molecule has 58 valence electrons. The molecule has 0 saturated carbocycles. The summed E-state index contributed by atoms with van der Waals surface area (Å²) < 4.78 is 2.01. The van der Waals surface area contributed by atoms with Gasteiger partial charge in [-0.25, -0.2) is 0 Å². The first-order valence-electron chi connectivity index (χ1n) is 3.06. The second-order valence-electron chi connectivity index (χ2n) is 2.24. The maximum atomic E-state index is 10.5. The van der Waals surface area contributed by atoms with Gasteiger partial charge in [0.15, 0.2) is 6.29 Å². The maximum absolute atomic E-state index is 10.5. The van der Waals surface area contributed by atoms with Crippen LogP contribution in [0.2, 0.25) is 0 Å².